The molecular formula is C26H34N6O3. The fourth-order valence-corrected chi connectivity index (χ4v) is 6.01. The van der Waals surface area contributed by atoms with Crippen molar-refractivity contribution < 1.29 is 14.7 Å². The fourth-order valence-electron chi connectivity index (χ4n) is 6.01. The lowest BCUT2D eigenvalue weighted by Crippen LogP contribution is -2.72. The molecule has 0 saturated carbocycles. The molecule has 9 heteroatoms. The Kier molecular flexibility index (Phi) is 5.86. The third kappa shape index (κ3) is 4.48. The van der Waals surface area contributed by atoms with Crippen LogP contribution in [-0.4, -0.2) is 88.2 Å². The number of likely N-dealkylation sites (tertiary alicyclic amines) is 1. The van der Waals surface area contributed by atoms with Crippen LogP contribution in [0.4, 0.5) is 0 Å². The van der Waals surface area contributed by atoms with Gasteiger partial charge in [-0.05, 0) is 24.0 Å². The van der Waals surface area contributed by atoms with Crippen LogP contribution in [-0.2, 0) is 30.7 Å². The van der Waals surface area contributed by atoms with E-state index in [1.165, 1.54) is 11.1 Å². The van der Waals surface area contributed by atoms with E-state index in [4.69, 9.17) is 0 Å². The fraction of sp³-hybridized carbons (Fsp3) is 0.577. The molecule has 2 fully saturated rings. The number of fused-ring (bicyclic) bond motifs is 2. The second kappa shape index (κ2) is 9.04. The van der Waals surface area contributed by atoms with E-state index in [0.717, 1.165) is 57.9 Å². The van der Waals surface area contributed by atoms with Crippen molar-refractivity contribution in [3.8, 4) is 0 Å². The van der Waals surface area contributed by atoms with Gasteiger partial charge in [0.2, 0.25) is 5.91 Å². The molecule has 0 aliphatic carbocycles. The van der Waals surface area contributed by atoms with Crippen molar-refractivity contribution in [3.05, 3.63) is 53.1 Å². The van der Waals surface area contributed by atoms with Crippen molar-refractivity contribution in [2.45, 2.75) is 38.5 Å². The standard InChI is InChI=1S/C26H34N6O3/c33-21(12-30-8-7-18-3-1-2-4-19(18)10-30)9-28-24(34)22-13-31-11-20(5-6-23(31)29-22)25(35)32-16-26(17-32)14-27-15-26/h1-4,13,20-21,27,33H,5-12,14-17H2,(H,28,34)/t20?,21-/m1/s1. The summed E-state index contributed by atoms with van der Waals surface area (Å²) in [6.07, 6.45) is 3.56. The molecule has 0 radical (unpaired) electrons. The molecule has 2 aromatic rings. The topological polar surface area (TPSA) is 103 Å². The van der Waals surface area contributed by atoms with E-state index in [0.29, 0.717) is 30.6 Å². The second-order valence-corrected chi connectivity index (χ2v) is 10.8. The highest BCUT2D eigenvalue weighted by molar-refractivity contribution is 5.92. The van der Waals surface area contributed by atoms with Gasteiger partial charge in [-0.1, -0.05) is 24.3 Å². The third-order valence-electron chi connectivity index (χ3n) is 8.12. The van der Waals surface area contributed by atoms with Crippen molar-refractivity contribution in [1.82, 2.24) is 30.0 Å². The number of benzene rings is 1. The highest BCUT2D eigenvalue weighted by atomic mass is 16.3. The number of aromatic nitrogens is 2. The van der Waals surface area contributed by atoms with Gasteiger partial charge >= 0.3 is 0 Å². The van der Waals surface area contributed by atoms with Crippen molar-refractivity contribution in [2.24, 2.45) is 11.3 Å². The average molecular weight is 479 g/mol. The quantitative estimate of drug-likeness (QED) is 0.541. The number of carbonyl (C=O) groups is 2. The number of hydrogen-bond acceptors (Lipinski definition) is 6. The predicted molar refractivity (Wildman–Crippen MR) is 130 cm³/mol. The minimum atomic E-state index is -0.644. The summed E-state index contributed by atoms with van der Waals surface area (Å²) in [4.78, 5) is 34.4. The zero-order chi connectivity index (χ0) is 24.0. The first kappa shape index (κ1) is 22.7. The molecule has 4 aliphatic rings. The third-order valence-corrected chi connectivity index (χ3v) is 8.12. The molecule has 6 rings (SSSR count). The molecular weight excluding hydrogens is 444 g/mol. The molecule has 9 nitrogen and oxygen atoms in total. The number of imidazole rings is 1. The van der Waals surface area contributed by atoms with E-state index in [1.54, 1.807) is 6.20 Å². The molecule has 5 heterocycles. The van der Waals surface area contributed by atoms with Crippen LogP contribution in [0.25, 0.3) is 0 Å². The van der Waals surface area contributed by atoms with Crippen molar-refractivity contribution >= 4 is 11.8 Å². The molecule has 186 valence electrons. The molecule has 1 aromatic carbocycles. The van der Waals surface area contributed by atoms with E-state index >= 15 is 0 Å². The monoisotopic (exact) mass is 478 g/mol. The normalized spacial score (nSPS) is 23.6. The Morgan fingerprint density at radius 2 is 2.00 bits per heavy atom. The molecule has 1 spiro atoms. The first-order valence-corrected chi connectivity index (χ1v) is 12.8. The van der Waals surface area contributed by atoms with Crippen LogP contribution in [0.2, 0.25) is 0 Å². The smallest absolute Gasteiger partial charge is 0.271 e. The highest BCUT2D eigenvalue weighted by Gasteiger charge is 2.50. The number of hydrogen-bond donors (Lipinski definition) is 3. The second-order valence-electron chi connectivity index (χ2n) is 10.8. The van der Waals surface area contributed by atoms with Gasteiger partial charge in [-0.25, -0.2) is 4.98 Å². The summed E-state index contributed by atoms with van der Waals surface area (Å²) in [7, 11) is 0. The lowest BCUT2D eigenvalue weighted by Gasteiger charge is -2.56. The number of rotatable bonds is 6. The van der Waals surface area contributed by atoms with Gasteiger partial charge in [0.05, 0.1) is 12.0 Å². The number of aryl methyl sites for hydroxylation is 1. The lowest BCUT2D eigenvalue weighted by molar-refractivity contribution is -0.152. The SMILES string of the molecule is O=C(NC[C@@H](O)CN1CCc2ccccc2C1)c1cn2c(n1)CCC(C(=O)N1CC3(CNC3)C1)C2. The molecule has 2 saturated heterocycles. The maximum atomic E-state index is 12.9. The first-order chi connectivity index (χ1) is 17.0. The van der Waals surface area contributed by atoms with Crippen LogP contribution >= 0.6 is 0 Å². The largest absolute Gasteiger partial charge is 0.390 e. The average Bonchev–Trinajstić information content (AvgIpc) is 3.24. The maximum absolute atomic E-state index is 12.9. The van der Waals surface area contributed by atoms with Crippen molar-refractivity contribution in [1.29, 1.82) is 0 Å². The number of aliphatic hydroxyl groups excluding tert-OH is 1. The molecule has 1 unspecified atom stereocenters. The Morgan fingerprint density at radius 3 is 2.77 bits per heavy atom. The Morgan fingerprint density at radius 1 is 1.20 bits per heavy atom. The van der Waals surface area contributed by atoms with E-state index < -0.39 is 6.10 Å². The van der Waals surface area contributed by atoms with Crippen LogP contribution in [0.5, 0.6) is 0 Å². The zero-order valence-electron chi connectivity index (χ0n) is 20.1. The Bertz CT molecular complexity index is 1120. The van der Waals surface area contributed by atoms with Gasteiger partial charge in [-0.15, -0.1) is 0 Å². The van der Waals surface area contributed by atoms with Gasteiger partial charge in [-0.3, -0.25) is 14.5 Å². The Hall–Kier alpha value is -2.75. The van der Waals surface area contributed by atoms with Crippen LogP contribution in [0.15, 0.2) is 30.5 Å². The molecule has 2 amide bonds. The van der Waals surface area contributed by atoms with E-state index in [-0.39, 0.29) is 24.3 Å². The van der Waals surface area contributed by atoms with Crippen LogP contribution in [0.1, 0.15) is 33.9 Å². The first-order valence-electron chi connectivity index (χ1n) is 12.8. The van der Waals surface area contributed by atoms with E-state index in [1.807, 2.05) is 9.47 Å². The molecule has 3 N–H and O–H groups in total. The highest BCUT2D eigenvalue weighted by Crippen LogP contribution is 2.36. The Labute approximate surface area is 205 Å². The van der Waals surface area contributed by atoms with Gasteiger partial charge in [0.1, 0.15) is 11.5 Å². The number of nitrogens with zero attached hydrogens (tertiary/aromatic N) is 4. The predicted octanol–water partition coefficient (Wildman–Crippen LogP) is 0.0263. The number of amides is 2. The summed E-state index contributed by atoms with van der Waals surface area (Å²) in [5.41, 5.74) is 3.38. The summed E-state index contributed by atoms with van der Waals surface area (Å²) >= 11 is 0. The minimum Gasteiger partial charge on any atom is -0.390 e. The number of carbonyl (C=O) groups excluding carboxylic acids is 2. The lowest BCUT2D eigenvalue weighted by atomic mass is 9.74. The molecule has 1 aromatic heterocycles. The van der Waals surface area contributed by atoms with Gasteiger partial charge in [-0.2, -0.15) is 0 Å². The molecule has 4 aliphatic heterocycles. The number of nitrogens with one attached hydrogen (secondary N) is 2. The summed E-state index contributed by atoms with van der Waals surface area (Å²) < 4.78 is 1.96. The van der Waals surface area contributed by atoms with Gasteiger partial charge in [0.15, 0.2) is 0 Å². The molecule has 35 heavy (non-hydrogen) atoms. The summed E-state index contributed by atoms with van der Waals surface area (Å²) in [5, 5.41) is 16.7. The zero-order valence-corrected chi connectivity index (χ0v) is 20.1. The van der Waals surface area contributed by atoms with Gasteiger partial charge < -0.3 is 25.2 Å². The summed E-state index contributed by atoms with van der Waals surface area (Å²) in [6.45, 7) is 6.79. The minimum absolute atomic E-state index is 0.0468. The number of aliphatic hydroxyl groups is 1. The Balaban J connectivity index is 0.983. The van der Waals surface area contributed by atoms with E-state index in [9.17, 15) is 14.7 Å². The van der Waals surface area contributed by atoms with Gasteiger partial charge in [0, 0.05) is 76.9 Å². The van der Waals surface area contributed by atoms with Crippen LogP contribution < -0.4 is 10.6 Å². The van der Waals surface area contributed by atoms with Crippen molar-refractivity contribution in [2.75, 3.05) is 45.8 Å². The molecule has 2 atom stereocenters. The van der Waals surface area contributed by atoms with Crippen LogP contribution in [0.3, 0.4) is 0 Å². The summed E-state index contributed by atoms with van der Waals surface area (Å²) in [6, 6.07) is 8.42. The van der Waals surface area contributed by atoms with Gasteiger partial charge in [0.25, 0.3) is 5.91 Å². The number of β-amino-alcohol motifs (C(OH)–C–C–N with tert-alkyl or cyclic N) is 1. The van der Waals surface area contributed by atoms with Crippen molar-refractivity contribution in [3.63, 3.8) is 0 Å². The summed E-state index contributed by atoms with van der Waals surface area (Å²) in [5.74, 6) is 0.765. The van der Waals surface area contributed by atoms with Crippen LogP contribution in [0, 0.1) is 11.3 Å². The maximum Gasteiger partial charge on any atom is 0.271 e. The van der Waals surface area contributed by atoms with E-state index in [2.05, 4.69) is 44.8 Å². The molecule has 0 bridgehead atoms.